The van der Waals surface area contributed by atoms with Crippen molar-refractivity contribution in [3.8, 4) is 40.3 Å². The Hall–Kier alpha value is -10.6. The highest BCUT2D eigenvalue weighted by molar-refractivity contribution is 6.14. The van der Waals surface area contributed by atoms with E-state index in [4.69, 9.17) is 15.0 Å². The Morgan fingerprint density at radius 1 is 0.208 bits per heavy atom. The molecule has 0 saturated carbocycles. The van der Waals surface area contributed by atoms with Gasteiger partial charge in [-0.15, -0.1) is 0 Å². The summed E-state index contributed by atoms with van der Waals surface area (Å²) in [6, 6.07) is 91.4. The lowest BCUT2D eigenvalue weighted by molar-refractivity contribution is 0.890. The fourth-order valence-corrected chi connectivity index (χ4v) is 12.8. The van der Waals surface area contributed by atoms with Gasteiger partial charge in [0.2, 0.25) is 11.9 Å². The molecule has 0 amide bonds. The molecule has 0 atom stereocenters. The minimum Gasteiger partial charge on any atom is -0.309 e. The first kappa shape index (κ1) is 41.9. The van der Waals surface area contributed by atoms with Crippen LogP contribution in [0.1, 0.15) is 0 Å². The first-order chi connectivity index (χ1) is 38.2. The summed E-state index contributed by atoms with van der Waals surface area (Å²) >= 11 is 0. The normalized spacial score (nSPS) is 12.2. The van der Waals surface area contributed by atoms with Gasteiger partial charge in [-0.3, -0.25) is 9.13 Å². The van der Waals surface area contributed by atoms with Gasteiger partial charge >= 0.3 is 0 Å². The number of benzene rings is 11. The molecular weight excluding hydrogens is 941 g/mol. The van der Waals surface area contributed by atoms with Gasteiger partial charge in [-0.2, -0.15) is 15.0 Å². The van der Waals surface area contributed by atoms with Crippen LogP contribution in [0.25, 0.3) is 149 Å². The zero-order valence-corrected chi connectivity index (χ0v) is 41.3. The van der Waals surface area contributed by atoms with Gasteiger partial charge < -0.3 is 13.7 Å². The lowest BCUT2D eigenvalue weighted by Crippen LogP contribution is -2.12. The molecule has 0 N–H and O–H groups in total. The van der Waals surface area contributed by atoms with Crippen LogP contribution in [0.5, 0.6) is 0 Å². The fourth-order valence-electron chi connectivity index (χ4n) is 12.8. The largest absolute Gasteiger partial charge is 0.309 e. The third kappa shape index (κ3) is 5.89. The van der Waals surface area contributed by atoms with E-state index in [9.17, 15) is 0 Å². The minimum atomic E-state index is 0.507. The van der Waals surface area contributed by atoms with Crippen molar-refractivity contribution in [3.63, 3.8) is 0 Å². The molecule has 6 aromatic heterocycles. The van der Waals surface area contributed by atoms with Crippen LogP contribution in [0.3, 0.4) is 0 Å². The van der Waals surface area contributed by atoms with E-state index in [1.54, 1.807) is 0 Å². The van der Waals surface area contributed by atoms with E-state index in [-0.39, 0.29) is 0 Å². The van der Waals surface area contributed by atoms with Crippen LogP contribution in [-0.4, -0.2) is 37.8 Å². The topological polar surface area (TPSA) is 63.3 Å². The first-order valence-electron chi connectivity index (χ1n) is 26.1. The van der Waals surface area contributed by atoms with E-state index in [0.717, 1.165) is 99.3 Å². The molecule has 0 fully saturated rings. The summed E-state index contributed by atoms with van der Waals surface area (Å²) in [7, 11) is 0. The van der Waals surface area contributed by atoms with Crippen molar-refractivity contribution in [2.45, 2.75) is 0 Å². The van der Waals surface area contributed by atoms with Crippen LogP contribution in [-0.2, 0) is 0 Å². The number of fused-ring (bicyclic) bond motifs is 15. The van der Waals surface area contributed by atoms with Gasteiger partial charge in [0, 0.05) is 59.5 Å². The highest BCUT2D eigenvalue weighted by Crippen LogP contribution is 2.43. The maximum Gasteiger partial charge on any atom is 0.240 e. The van der Waals surface area contributed by atoms with Crippen molar-refractivity contribution >= 4 is 109 Å². The van der Waals surface area contributed by atoms with E-state index in [2.05, 4.69) is 278 Å². The Bertz CT molecular complexity index is 4970. The van der Waals surface area contributed by atoms with Crippen LogP contribution in [0.2, 0.25) is 0 Å². The number of para-hydroxylation sites is 9. The van der Waals surface area contributed by atoms with E-state index < -0.39 is 0 Å². The summed E-state index contributed by atoms with van der Waals surface area (Å²) in [5.41, 5.74) is 14.5. The van der Waals surface area contributed by atoms with Crippen molar-refractivity contribution in [1.29, 1.82) is 0 Å². The Morgan fingerprint density at radius 3 is 0.818 bits per heavy atom. The summed E-state index contributed by atoms with van der Waals surface area (Å²) in [6.45, 7) is 0. The van der Waals surface area contributed by atoms with E-state index >= 15 is 0 Å². The molecule has 358 valence electrons. The molecule has 0 aliphatic rings. The Labute approximate surface area is 439 Å². The van der Waals surface area contributed by atoms with Gasteiger partial charge in [-0.1, -0.05) is 170 Å². The number of nitrogens with zero attached hydrogens (tertiary/aromatic N) is 8. The fraction of sp³-hybridized carbons (Fsp3) is 0. The maximum absolute atomic E-state index is 5.83. The molecule has 0 saturated heterocycles. The Balaban J connectivity index is 1.02. The SMILES string of the molecule is c1cc(-n2c3ccccc3c3ccccc32)c(-c2nc(-n3c4ccccc4c4ccccc43)nc(-n3c4ccccc4c4cc(-n5c6ccccc6c6ccccc65)ccc43)n2)c(-n2c3ccccc3c3ccccc32)c1. The second kappa shape index (κ2) is 16.0. The average molecular weight is 983 g/mol. The molecule has 77 heavy (non-hydrogen) atoms. The van der Waals surface area contributed by atoms with Crippen LogP contribution in [0.15, 0.2) is 255 Å². The van der Waals surface area contributed by atoms with Crippen molar-refractivity contribution in [1.82, 2.24) is 37.8 Å². The molecule has 17 rings (SSSR count). The van der Waals surface area contributed by atoms with Crippen LogP contribution >= 0.6 is 0 Å². The van der Waals surface area contributed by atoms with Crippen molar-refractivity contribution in [2.24, 2.45) is 0 Å². The Morgan fingerprint density at radius 2 is 0.481 bits per heavy atom. The third-order valence-corrected chi connectivity index (χ3v) is 16.0. The summed E-state index contributed by atoms with van der Waals surface area (Å²) < 4.78 is 11.7. The highest BCUT2D eigenvalue weighted by atomic mass is 15.3. The molecule has 0 aliphatic heterocycles. The molecular formula is C69H42N8. The van der Waals surface area contributed by atoms with Gasteiger partial charge in [-0.05, 0) is 84.9 Å². The summed E-state index contributed by atoms with van der Waals surface area (Å²) in [5.74, 6) is 1.56. The van der Waals surface area contributed by atoms with Gasteiger partial charge in [0.15, 0.2) is 5.82 Å². The monoisotopic (exact) mass is 982 g/mol. The lowest BCUT2D eigenvalue weighted by Gasteiger charge is -2.20. The molecule has 8 nitrogen and oxygen atoms in total. The number of hydrogen-bond donors (Lipinski definition) is 0. The average Bonchev–Trinajstić information content (AvgIpc) is 4.30. The second-order valence-electron chi connectivity index (χ2n) is 20.0. The predicted molar refractivity (Wildman–Crippen MR) is 317 cm³/mol. The van der Waals surface area contributed by atoms with Crippen LogP contribution in [0.4, 0.5) is 0 Å². The molecule has 8 heteroatoms. The standard InChI is InChI=1S/C69H42N8/c1-10-29-54-44(20-1)45-21-2-11-30-55(45)73(54)43-40-41-63-53(42-43)52-28-9-18-37-62(52)77(63)69-71-67(70-68(72-69)76-60-35-16-7-26-50(60)51-27-8-17-36-61(51)76)66-64(74-56-31-12-3-22-46(56)47-23-4-13-32-57(47)74)38-19-39-65(66)75-58-33-14-5-24-48(58)49-25-6-15-34-59(49)75/h1-42H. The summed E-state index contributed by atoms with van der Waals surface area (Å²) in [5, 5.41) is 11.6. The van der Waals surface area contributed by atoms with Crippen molar-refractivity contribution in [3.05, 3.63) is 255 Å². The quantitative estimate of drug-likeness (QED) is 0.167. The molecule has 0 aliphatic carbocycles. The van der Waals surface area contributed by atoms with Crippen LogP contribution in [0, 0.1) is 0 Å². The molecule has 6 heterocycles. The molecule has 0 spiro atoms. The summed E-state index contributed by atoms with van der Waals surface area (Å²) in [4.78, 5) is 17.3. The number of hydrogen-bond acceptors (Lipinski definition) is 3. The molecule has 0 radical (unpaired) electrons. The zero-order chi connectivity index (χ0) is 50.3. The summed E-state index contributed by atoms with van der Waals surface area (Å²) in [6.07, 6.45) is 0. The van der Waals surface area contributed by atoms with Gasteiger partial charge in [0.05, 0.1) is 72.1 Å². The van der Waals surface area contributed by atoms with Gasteiger partial charge in [-0.25, -0.2) is 0 Å². The number of aromatic nitrogens is 8. The molecule has 11 aromatic carbocycles. The van der Waals surface area contributed by atoms with Crippen molar-refractivity contribution in [2.75, 3.05) is 0 Å². The molecule has 0 unspecified atom stereocenters. The number of rotatable bonds is 6. The Kier molecular flexibility index (Phi) is 8.68. The second-order valence-corrected chi connectivity index (χ2v) is 20.0. The lowest BCUT2D eigenvalue weighted by atomic mass is 10.1. The van der Waals surface area contributed by atoms with E-state index in [0.29, 0.717) is 17.7 Å². The van der Waals surface area contributed by atoms with E-state index in [1.807, 2.05) is 0 Å². The van der Waals surface area contributed by atoms with Crippen molar-refractivity contribution < 1.29 is 0 Å². The molecule has 17 aromatic rings. The smallest absolute Gasteiger partial charge is 0.240 e. The van der Waals surface area contributed by atoms with E-state index in [1.165, 1.54) is 32.3 Å². The van der Waals surface area contributed by atoms with Crippen LogP contribution < -0.4 is 0 Å². The molecule has 0 bridgehead atoms. The van der Waals surface area contributed by atoms with Gasteiger partial charge in [0.1, 0.15) is 0 Å². The maximum atomic E-state index is 5.83. The first-order valence-corrected chi connectivity index (χ1v) is 26.1. The minimum absolute atomic E-state index is 0.507. The third-order valence-electron chi connectivity index (χ3n) is 16.0. The predicted octanol–water partition coefficient (Wildman–Crippen LogP) is 17.0. The highest BCUT2D eigenvalue weighted by Gasteiger charge is 2.27. The van der Waals surface area contributed by atoms with Gasteiger partial charge in [0.25, 0.3) is 0 Å². The zero-order valence-electron chi connectivity index (χ0n) is 41.3.